The highest BCUT2D eigenvalue weighted by atomic mass is 16.6. The summed E-state index contributed by atoms with van der Waals surface area (Å²) in [4.78, 5) is 39.0. The summed E-state index contributed by atoms with van der Waals surface area (Å²) < 4.78 is 11.9. The molecule has 0 unspecified atom stereocenters. The molecule has 0 amide bonds. The number of rotatable bonds is 7. The van der Waals surface area contributed by atoms with E-state index in [1.54, 1.807) is 13.0 Å². The number of Topliss-reactive ketones (excluding diaryl/α,β-unsaturated/α-hetero) is 1. The first-order valence-electron chi connectivity index (χ1n) is 16.2. The molecular formula is C37H48O8. The maximum absolute atomic E-state index is 13.3. The molecule has 4 aliphatic rings. The van der Waals surface area contributed by atoms with E-state index in [2.05, 4.69) is 6.92 Å². The van der Waals surface area contributed by atoms with E-state index < -0.39 is 57.4 Å². The minimum absolute atomic E-state index is 0.0191. The van der Waals surface area contributed by atoms with E-state index in [9.17, 15) is 29.7 Å². The van der Waals surface area contributed by atoms with Crippen molar-refractivity contribution in [3.8, 4) is 0 Å². The normalized spacial score (nSPS) is 39.5. The van der Waals surface area contributed by atoms with Crippen LogP contribution >= 0.6 is 0 Å². The van der Waals surface area contributed by atoms with Gasteiger partial charge in [-0.2, -0.15) is 0 Å². The molecule has 8 atom stereocenters. The van der Waals surface area contributed by atoms with E-state index in [1.807, 2.05) is 57.2 Å². The van der Waals surface area contributed by atoms with Crippen LogP contribution in [0, 0.1) is 22.7 Å². The van der Waals surface area contributed by atoms with Crippen molar-refractivity contribution in [2.24, 2.45) is 22.7 Å². The molecule has 0 bridgehead atoms. The second kappa shape index (κ2) is 11.6. The SMILES string of the molecule is CC(=O)[C@]1(O)CC[C@@]2(O)[C@]1(C)[C@H](OC(=O)/C=C(\C)C(C)C)C[C@@H]1[C@@]3(C)CC[C@H](OC(=O)/C=C/c4ccccc4)CC3=CC[C@]12O. The van der Waals surface area contributed by atoms with Crippen LogP contribution in [0.4, 0.5) is 0 Å². The minimum atomic E-state index is -1.99. The van der Waals surface area contributed by atoms with Gasteiger partial charge in [-0.1, -0.05) is 68.3 Å². The van der Waals surface area contributed by atoms with E-state index in [1.165, 1.54) is 19.1 Å². The van der Waals surface area contributed by atoms with Crippen molar-refractivity contribution < 1.29 is 39.2 Å². The summed E-state index contributed by atoms with van der Waals surface area (Å²) in [7, 11) is 0. The third-order valence-electron chi connectivity index (χ3n) is 12.1. The van der Waals surface area contributed by atoms with Crippen LogP contribution in [-0.2, 0) is 23.9 Å². The van der Waals surface area contributed by atoms with Crippen molar-refractivity contribution in [1.82, 2.24) is 0 Å². The first-order valence-corrected chi connectivity index (χ1v) is 16.2. The van der Waals surface area contributed by atoms with Crippen LogP contribution in [0.1, 0.15) is 92.1 Å². The molecule has 3 fully saturated rings. The molecule has 3 saturated carbocycles. The Bertz CT molecular complexity index is 1440. The number of ketones is 1. The lowest BCUT2D eigenvalue weighted by Gasteiger charge is -2.67. The topological polar surface area (TPSA) is 130 Å². The van der Waals surface area contributed by atoms with Crippen LogP contribution in [0.5, 0.6) is 0 Å². The zero-order valence-electron chi connectivity index (χ0n) is 27.3. The average Bonchev–Trinajstić information content (AvgIpc) is 3.22. The van der Waals surface area contributed by atoms with Crippen LogP contribution < -0.4 is 0 Å². The predicted octanol–water partition coefficient (Wildman–Crippen LogP) is 5.25. The summed E-state index contributed by atoms with van der Waals surface area (Å²) in [6.07, 6.45) is 6.94. The lowest BCUT2D eigenvalue weighted by atomic mass is 9.42. The Morgan fingerprint density at radius 2 is 1.64 bits per heavy atom. The zero-order valence-corrected chi connectivity index (χ0v) is 27.3. The third kappa shape index (κ3) is 5.13. The third-order valence-corrected chi connectivity index (χ3v) is 12.1. The van der Waals surface area contributed by atoms with E-state index in [0.29, 0.717) is 19.3 Å². The molecule has 0 heterocycles. The largest absolute Gasteiger partial charge is 0.459 e. The van der Waals surface area contributed by atoms with Crippen LogP contribution in [-0.4, -0.2) is 62.1 Å². The fourth-order valence-electron chi connectivity index (χ4n) is 8.92. The van der Waals surface area contributed by atoms with E-state index in [4.69, 9.17) is 9.47 Å². The summed E-state index contributed by atoms with van der Waals surface area (Å²) in [6, 6.07) is 9.51. The number of benzene rings is 1. The van der Waals surface area contributed by atoms with Gasteiger partial charge in [-0.15, -0.1) is 0 Å². The van der Waals surface area contributed by atoms with Crippen molar-refractivity contribution in [1.29, 1.82) is 0 Å². The highest BCUT2D eigenvalue weighted by molar-refractivity contribution is 5.88. The molecule has 1 aromatic carbocycles. The minimum Gasteiger partial charge on any atom is -0.459 e. The van der Waals surface area contributed by atoms with Crippen molar-refractivity contribution >= 4 is 23.8 Å². The molecule has 0 saturated heterocycles. The van der Waals surface area contributed by atoms with Gasteiger partial charge in [-0.3, -0.25) is 4.79 Å². The van der Waals surface area contributed by atoms with Gasteiger partial charge in [0, 0.05) is 24.5 Å². The van der Waals surface area contributed by atoms with Crippen LogP contribution in [0.15, 0.2) is 59.7 Å². The Hall–Kier alpha value is -3.07. The number of ether oxygens (including phenoxy) is 2. The molecule has 0 aliphatic heterocycles. The summed E-state index contributed by atoms with van der Waals surface area (Å²) in [5.41, 5.74) is -5.09. The summed E-state index contributed by atoms with van der Waals surface area (Å²) >= 11 is 0. The molecule has 1 aromatic rings. The van der Waals surface area contributed by atoms with Gasteiger partial charge < -0.3 is 24.8 Å². The van der Waals surface area contributed by atoms with Gasteiger partial charge in [0.2, 0.25) is 0 Å². The monoisotopic (exact) mass is 620 g/mol. The number of fused-ring (bicyclic) bond motifs is 5. The number of hydrogen-bond donors (Lipinski definition) is 3. The smallest absolute Gasteiger partial charge is 0.331 e. The van der Waals surface area contributed by atoms with Crippen molar-refractivity contribution in [3.63, 3.8) is 0 Å². The molecule has 0 aromatic heterocycles. The molecule has 244 valence electrons. The molecule has 45 heavy (non-hydrogen) atoms. The fraction of sp³-hybridized carbons (Fsp3) is 0.595. The molecule has 0 radical (unpaired) electrons. The maximum atomic E-state index is 13.3. The van der Waals surface area contributed by atoms with Gasteiger partial charge in [-0.05, 0) is 82.3 Å². The van der Waals surface area contributed by atoms with Gasteiger partial charge >= 0.3 is 11.9 Å². The Kier molecular flexibility index (Phi) is 8.60. The Labute approximate surface area is 266 Å². The number of hydrogen-bond acceptors (Lipinski definition) is 8. The molecule has 8 nitrogen and oxygen atoms in total. The van der Waals surface area contributed by atoms with Gasteiger partial charge in [0.25, 0.3) is 0 Å². The molecule has 0 spiro atoms. The second-order valence-corrected chi connectivity index (χ2v) is 14.6. The lowest BCUT2D eigenvalue weighted by molar-refractivity contribution is -0.314. The van der Waals surface area contributed by atoms with Crippen LogP contribution in [0.2, 0.25) is 0 Å². The standard InChI is InChI=1S/C37H48O8/c1-23(2)24(3)20-32(40)45-30-22-29-33(5)16-15-28(44-31(39)13-12-26-10-8-7-9-11-26)21-27(33)14-17-36(29,42)37(43)19-18-35(41,25(4)38)34(30,37)6/h7-14,20,23,28-30,41-43H,15-19,21-22H2,1-6H3/b13-12+,24-20+/t28-,29+,30+,33-,34+,35+,36-,37+/m0/s1. The van der Waals surface area contributed by atoms with Gasteiger partial charge in [0.15, 0.2) is 5.78 Å². The number of allylic oxidation sites excluding steroid dienone is 1. The first kappa shape index (κ1) is 33.3. The molecule has 4 aliphatic carbocycles. The van der Waals surface area contributed by atoms with Crippen LogP contribution in [0.25, 0.3) is 6.08 Å². The molecule has 3 N–H and O–H groups in total. The van der Waals surface area contributed by atoms with E-state index in [-0.39, 0.29) is 37.7 Å². The fourth-order valence-corrected chi connectivity index (χ4v) is 8.92. The zero-order chi connectivity index (χ0) is 33.0. The summed E-state index contributed by atoms with van der Waals surface area (Å²) in [6.45, 7) is 10.7. The number of carbonyl (C=O) groups is 3. The Morgan fingerprint density at radius 3 is 2.29 bits per heavy atom. The van der Waals surface area contributed by atoms with Crippen molar-refractivity contribution in [2.45, 2.75) is 115 Å². The maximum Gasteiger partial charge on any atom is 0.331 e. The van der Waals surface area contributed by atoms with Gasteiger partial charge in [0.1, 0.15) is 29.0 Å². The summed E-state index contributed by atoms with van der Waals surface area (Å²) in [5.74, 6) is -1.98. The average molecular weight is 621 g/mol. The quantitative estimate of drug-likeness (QED) is 0.214. The van der Waals surface area contributed by atoms with E-state index >= 15 is 0 Å². The van der Waals surface area contributed by atoms with Gasteiger partial charge in [0.05, 0.1) is 5.41 Å². The Morgan fingerprint density at radius 1 is 0.956 bits per heavy atom. The summed E-state index contributed by atoms with van der Waals surface area (Å²) in [5, 5.41) is 37.1. The van der Waals surface area contributed by atoms with Crippen molar-refractivity contribution in [2.75, 3.05) is 0 Å². The lowest BCUT2D eigenvalue weighted by Crippen LogP contribution is -2.78. The molecular weight excluding hydrogens is 572 g/mol. The second-order valence-electron chi connectivity index (χ2n) is 14.6. The molecule has 8 heteroatoms. The number of carbonyl (C=O) groups excluding carboxylic acids is 3. The predicted molar refractivity (Wildman–Crippen MR) is 169 cm³/mol. The van der Waals surface area contributed by atoms with E-state index in [0.717, 1.165) is 16.7 Å². The first-order chi connectivity index (χ1) is 21.0. The van der Waals surface area contributed by atoms with Gasteiger partial charge in [-0.25, -0.2) is 9.59 Å². The number of aliphatic hydroxyl groups is 3. The van der Waals surface area contributed by atoms with Crippen molar-refractivity contribution in [3.05, 3.63) is 65.3 Å². The highest BCUT2D eigenvalue weighted by Crippen LogP contribution is 2.71. The number of esters is 2. The van der Waals surface area contributed by atoms with Crippen LogP contribution in [0.3, 0.4) is 0 Å². The highest BCUT2D eigenvalue weighted by Gasteiger charge is 2.81. The Balaban J connectivity index is 1.45. The molecule has 5 rings (SSSR count).